The Bertz CT molecular complexity index is 605. The van der Waals surface area contributed by atoms with Crippen molar-refractivity contribution >= 4 is 11.8 Å². The standard InChI is InChI=1S/C20H31FN4O2/c1-14(2)11-23-18(27)19-3-6-20(7-4-19,8-5-19)24-12-17(26)25-13-15(21)9-16(25)10-22/h14-16,24H,3-9,11-13H2,1-2H3,(H,23,27)/t15-,16-,19?,20?/m0/s1. The van der Waals surface area contributed by atoms with Gasteiger partial charge in [0, 0.05) is 23.9 Å². The van der Waals surface area contributed by atoms with Gasteiger partial charge in [-0.05, 0) is 44.4 Å². The zero-order valence-electron chi connectivity index (χ0n) is 16.4. The summed E-state index contributed by atoms with van der Waals surface area (Å²) in [5.74, 6) is 0.424. The molecule has 4 rings (SSSR count). The van der Waals surface area contributed by atoms with Crippen molar-refractivity contribution < 1.29 is 14.0 Å². The molecule has 2 amide bonds. The maximum atomic E-state index is 13.5. The number of amides is 2. The van der Waals surface area contributed by atoms with E-state index in [-0.39, 0.29) is 42.3 Å². The monoisotopic (exact) mass is 378 g/mol. The van der Waals surface area contributed by atoms with Gasteiger partial charge in [0.15, 0.2) is 0 Å². The van der Waals surface area contributed by atoms with Gasteiger partial charge in [-0.3, -0.25) is 9.59 Å². The van der Waals surface area contributed by atoms with Crippen LogP contribution in [0.3, 0.4) is 0 Å². The van der Waals surface area contributed by atoms with Crippen molar-refractivity contribution in [2.75, 3.05) is 19.6 Å². The lowest BCUT2D eigenvalue weighted by Gasteiger charge is -2.53. The van der Waals surface area contributed by atoms with Crippen LogP contribution in [0, 0.1) is 22.7 Å². The van der Waals surface area contributed by atoms with Gasteiger partial charge in [-0.25, -0.2) is 4.39 Å². The van der Waals surface area contributed by atoms with Crippen LogP contribution in [0.5, 0.6) is 0 Å². The quantitative estimate of drug-likeness (QED) is 0.739. The summed E-state index contributed by atoms with van der Waals surface area (Å²) in [6.07, 6.45) is 4.17. The SMILES string of the molecule is CC(C)CNC(=O)C12CCC(NCC(=O)N3C[C@@H](F)C[C@H]3C#N)(CC1)CC2. The van der Waals surface area contributed by atoms with Crippen LogP contribution in [0.25, 0.3) is 0 Å². The second kappa shape index (κ2) is 7.75. The molecule has 0 aromatic carbocycles. The number of carbonyl (C=O) groups is 2. The first-order valence-corrected chi connectivity index (χ1v) is 10.2. The van der Waals surface area contributed by atoms with Crippen LogP contribution in [-0.2, 0) is 9.59 Å². The summed E-state index contributed by atoms with van der Waals surface area (Å²) in [5.41, 5.74) is -0.350. The van der Waals surface area contributed by atoms with Gasteiger partial charge in [-0.1, -0.05) is 13.8 Å². The highest BCUT2D eigenvalue weighted by atomic mass is 19.1. The summed E-state index contributed by atoms with van der Waals surface area (Å²) in [6.45, 7) is 5.05. The van der Waals surface area contributed by atoms with Crippen LogP contribution < -0.4 is 10.6 Å². The molecule has 4 aliphatic rings. The van der Waals surface area contributed by atoms with E-state index in [2.05, 4.69) is 24.5 Å². The van der Waals surface area contributed by atoms with Crippen LogP contribution in [0.4, 0.5) is 4.39 Å². The summed E-state index contributed by atoms with van der Waals surface area (Å²) in [6, 6.07) is 1.37. The molecule has 6 nitrogen and oxygen atoms in total. The van der Waals surface area contributed by atoms with E-state index < -0.39 is 12.2 Å². The van der Waals surface area contributed by atoms with E-state index in [1.165, 1.54) is 4.90 Å². The first kappa shape index (κ1) is 20.1. The number of rotatable bonds is 6. The number of halogens is 1. The normalized spacial score (nSPS) is 35.3. The topological polar surface area (TPSA) is 85.2 Å². The van der Waals surface area contributed by atoms with E-state index in [4.69, 9.17) is 5.26 Å². The third kappa shape index (κ3) is 4.11. The van der Waals surface area contributed by atoms with E-state index in [0.29, 0.717) is 12.5 Å². The van der Waals surface area contributed by atoms with Gasteiger partial charge in [-0.15, -0.1) is 0 Å². The lowest BCUT2D eigenvalue weighted by Crippen LogP contribution is -2.60. The van der Waals surface area contributed by atoms with Crippen molar-refractivity contribution in [3.05, 3.63) is 0 Å². The molecule has 0 spiro atoms. The molecule has 2 atom stereocenters. The molecule has 3 aliphatic carbocycles. The first-order chi connectivity index (χ1) is 12.8. The Balaban J connectivity index is 1.52. The number of hydrogen-bond acceptors (Lipinski definition) is 4. The predicted molar refractivity (Wildman–Crippen MR) is 99.3 cm³/mol. The largest absolute Gasteiger partial charge is 0.355 e. The molecule has 27 heavy (non-hydrogen) atoms. The molecule has 1 aliphatic heterocycles. The minimum absolute atomic E-state index is 0.0187. The number of fused-ring (bicyclic) bond motifs is 3. The average molecular weight is 378 g/mol. The molecule has 1 saturated heterocycles. The highest BCUT2D eigenvalue weighted by Gasteiger charge is 2.52. The molecule has 3 saturated carbocycles. The second-order valence-electron chi connectivity index (χ2n) is 9.04. The van der Waals surface area contributed by atoms with E-state index in [0.717, 1.165) is 38.5 Å². The van der Waals surface area contributed by atoms with Crippen molar-refractivity contribution in [1.82, 2.24) is 15.5 Å². The number of likely N-dealkylation sites (tertiary alicyclic amines) is 1. The Kier molecular flexibility index (Phi) is 5.76. The summed E-state index contributed by atoms with van der Waals surface area (Å²) < 4.78 is 13.5. The minimum Gasteiger partial charge on any atom is -0.355 e. The number of nitriles is 1. The van der Waals surface area contributed by atoms with Gasteiger partial charge in [0.1, 0.15) is 12.2 Å². The summed E-state index contributed by atoms with van der Waals surface area (Å²) in [5, 5.41) is 15.6. The molecule has 150 valence electrons. The molecular formula is C20H31FN4O2. The van der Waals surface area contributed by atoms with Gasteiger partial charge in [0.2, 0.25) is 11.8 Å². The Morgan fingerprint density at radius 2 is 1.85 bits per heavy atom. The predicted octanol–water partition coefficient (Wildman–Crippen LogP) is 1.90. The molecule has 0 radical (unpaired) electrons. The Labute approximate surface area is 160 Å². The van der Waals surface area contributed by atoms with Crippen LogP contribution in [0.15, 0.2) is 0 Å². The Hall–Kier alpha value is -1.68. The Morgan fingerprint density at radius 1 is 1.22 bits per heavy atom. The average Bonchev–Trinajstić information content (AvgIpc) is 3.06. The molecule has 0 unspecified atom stereocenters. The fourth-order valence-corrected chi connectivity index (χ4v) is 4.82. The van der Waals surface area contributed by atoms with Crippen molar-refractivity contribution in [1.29, 1.82) is 5.26 Å². The van der Waals surface area contributed by atoms with Crippen LogP contribution in [-0.4, -0.2) is 54.1 Å². The summed E-state index contributed by atoms with van der Waals surface area (Å²) in [7, 11) is 0. The van der Waals surface area contributed by atoms with Gasteiger partial charge in [0.05, 0.1) is 19.2 Å². The minimum atomic E-state index is -1.11. The maximum Gasteiger partial charge on any atom is 0.237 e. The van der Waals surface area contributed by atoms with Crippen molar-refractivity contribution in [2.45, 2.75) is 76.5 Å². The summed E-state index contributed by atoms with van der Waals surface area (Å²) >= 11 is 0. The lowest BCUT2D eigenvalue weighted by molar-refractivity contribution is -0.139. The zero-order valence-corrected chi connectivity index (χ0v) is 16.4. The number of carbonyl (C=O) groups excluding carboxylic acids is 2. The van der Waals surface area contributed by atoms with Gasteiger partial charge in [0.25, 0.3) is 0 Å². The molecule has 7 heteroatoms. The highest BCUT2D eigenvalue weighted by molar-refractivity contribution is 5.83. The summed E-state index contributed by atoms with van der Waals surface area (Å²) in [4.78, 5) is 26.5. The molecule has 2 bridgehead atoms. The number of alkyl halides is 1. The van der Waals surface area contributed by atoms with Crippen molar-refractivity contribution in [2.24, 2.45) is 11.3 Å². The molecular weight excluding hydrogens is 347 g/mol. The number of nitrogens with one attached hydrogen (secondary N) is 2. The number of nitrogens with zero attached hydrogens (tertiary/aromatic N) is 2. The molecule has 2 N–H and O–H groups in total. The van der Waals surface area contributed by atoms with E-state index in [1.807, 2.05) is 6.07 Å². The highest BCUT2D eigenvalue weighted by Crippen LogP contribution is 2.52. The molecule has 4 fully saturated rings. The van der Waals surface area contributed by atoms with Crippen LogP contribution in [0.1, 0.15) is 58.8 Å². The van der Waals surface area contributed by atoms with E-state index in [9.17, 15) is 14.0 Å². The van der Waals surface area contributed by atoms with Crippen molar-refractivity contribution in [3.8, 4) is 6.07 Å². The van der Waals surface area contributed by atoms with Crippen LogP contribution in [0.2, 0.25) is 0 Å². The van der Waals surface area contributed by atoms with E-state index in [1.54, 1.807) is 0 Å². The first-order valence-electron chi connectivity index (χ1n) is 10.2. The molecule has 0 aromatic rings. The third-order valence-corrected chi connectivity index (χ3v) is 6.73. The van der Waals surface area contributed by atoms with Gasteiger partial charge >= 0.3 is 0 Å². The lowest BCUT2D eigenvalue weighted by atomic mass is 9.57. The molecule has 0 aromatic heterocycles. The second-order valence-corrected chi connectivity index (χ2v) is 9.04. The third-order valence-electron chi connectivity index (χ3n) is 6.73. The van der Waals surface area contributed by atoms with E-state index >= 15 is 0 Å². The Morgan fingerprint density at radius 3 is 2.41 bits per heavy atom. The smallest absolute Gasteiger partial charge is 0.237 e. The van der Waals surface area contributed by atoms with Gasteiger partial charge < -0.3 is 15.5 Å². The van der Waals surface area contributed by atoms with Gasteiger partial charge in [-0.2, -0.15) is 5.26 Å². The number of hydrogen-bond donors (Lipinski definition) is 2. The fraction of sp³-hybridized carbons (Fsp3) is 0.850. The van der Waals surface area contributed by atoms with Crippen LogP contribution >= 0.6 is 0 Å². The zero-order chi connectivity index (χ0) is 19.7. The molecule has 1 heterocycles. The maximum absolute atomic E-state index is 13.5. The van der Waals surface area contributed by atoms with Crippen molar-refractivity contribution in [3.63, 3.8) is 0 Å². The fourth-order valence-electron chi connectivity index (χ4n) is 4.82.